The molecule has 0 aliphatic heterocycles. The smallest absolute Gasteiger partial charge is 0.193 e. The number of ketones is 1. The van der Waals surface area contributed by atoms with Gasteiger partial charge in [-0.25, -0.2) is 4.39 Å². The zero-order valence-electron chi connectivity index (χ0n) is 9.51. The van der Waals surface area contributed by atoms with Crippen molar-refractivity contribution in [3.8, 4) is 0 Å². The second-order valence-corrected chi connectivity index (χ2v) is 4.66. The van der Waals surface area contributed by atoms with Crippen LogP contribution in [0.2, 0.25) is 5.02 Å². The summed E-state index contributed by atoms with van der Waals surface area (Å²) < 4.78 is 13.6. The fraction of sp³-hybridized carbons (Fsp3) is 0.357. The van der Waals surface area contributed by atoms with Crippen molar-refractivity contribution >= 4 is 17.4 Å². The van der Waals surface area contributed by atoms with E-state index in [1.54, 1.807) is 6.07 Å². The lowest BCUT2D eigenvalue weighted by Gasteiger charge is -2.07. The van der Waals surface area contributed by atoms with E-state index in [2.05, 4.69) is 0 Å². The number of allylic oxidation sites excluding steroid dienone is 2. The Labute approximate surface area is 105 Å². The van der Waals surface area contributed by atoms with E-state index >= 15 is 0 Å². The van der Waals surface area contributed by atoms with Crippen LogP contribution in [0.15, 0.2) is 29.8 Å². The van der Waals surface area contributed by atoms with E-state index in [0.717, 1.165) is 32.1 Å². The summed E-state index contributed by atoms with van der Waals surface area (Å²) in [6, 6.07) is 4.33. The van der Waals surface area contributed by atoms with E-state index < -0.39 is 5.82 Å². The monoisotopic (exact) mass is 252 g/mol. The van der Waals surface area contributed by atoms with E-state index in [9.17, 15) is 9.18 Å². The minimum absolute atomic E-state index is 0.0160. The first-order valence-corrected chi connectivity index (χ1v) is 6.25. The first kappa shape index (κ1) is 12.3. The molecule has 1 aromatic rings. The third-order valence-corrected chi connectivity index (χ3v) is 3.34. The van der Waals surface area contributed by atoms with Gasteiger partial charge >= 0.3 is 0 Å². The Bertz CT molecular complexity index is 445. The number of Topliss-reactive ketones (excluding diaryl/α,β-unsaturated/α-hetero) is 1. The van der Waals surface area contributed by atoms with Crippen LogP contribution in [-0.2, 0) is 0 Å². The number of carbonyl (C=O) groups excluding carboxylic acids is 1. The first-order chi connectivity index (χ1) is 8.20. The lowest BCUT2D eigenvalue weighted by atomic mass is 9.99. The second kappa shape index (κ2) is 5.46. The molecular weight excluding hydrogens is 239 g/mol. The standard InChI is InChI=1S/C14H14ClFO/c15-11-8-5-9-12(16)13(11)14(17)10-6-3-1-2-4-7-10/h5-6,8-9H,1-4,7H2. The summed E-state index contributed by atoms with van der Waals surface area (Å²) >= 11 is 5.90. The average molecular weight is 253 g/mol. The number of benzene rings is 1. The molecule has 0 radical (unpaired) electrons. The van der Waals surface area contributed by atoms with Gasteiger partial charge in [-0.1, -0.05) is 30.2 Å². The van der Waals surface area contributed by atoms with Crippen LogP contribution < -0.4 is 0 Å². The highest BCUT2D eigenvalue weighted by atomic mass is 35.5. The van der Waals surface area contributed by atoms with Gasteiger partial charge in [-0.3, -0.25) is 4.79 Å². The summed E-state index contributed by atoms with van der Waals surface area (Å²) in [5.41, 5.74) is 0.719. The van der Waals surface area contributed by atoms with Crippen molar-refractivity contribution in [1.29, 1.82) is 0 Å². The van der Waals surface area contributed by atoms with Crippen LogP contribution >= 0.6 is 11.6 Å². The third-order valence-electron chi connectivity index (χ3n) is 3.02. The van der Waals surface area contributed by atoms with Gasteiger partial charge in [0.05, 0.1) is 10.6 Å². The van der Waals surface area contributed by atoms with Crippen molar-refractivity contribution in [2.45, 2.75) is 32.1 Å². The zero-order chi connectivity index (χ0) is 12.3. The van der Waals surface area contributed by atoms with Gasteiger partial charge in [-0.15, -0.1) is 0 Å². The molecule has 0 unspecified atom stereocenters. The molecule has 0 saturated heterocycles. The van der Waals surface area contributed by atoms with Gasteiger partial charge in [0.2, 0.25) is 0 Å². The maximum Gasteiger partial charge on any atom is 0.193 e. The van der Waals surface area contributed by atoms with Crippen molar-refractivity contribution in [3.05, 3.63) is 46.3 Å². The van der Waals surface area contributed by atoms with E-state index in [0.29, 0.717) is 5.57 Å². The van der Waals surface area contributed by atoms with Crippen molar-refractivity contribution in [2.24, 2.45) is 0 Å². The van der Waals surface area contributed by atoms with E-state index in [1.165, 1.54) is 12.1 Å². The normalized spacial score (nSPS) is 16.2. The molecule has 0 amide bonds. The zero-order valence-corrected chi connectivity index (χ0v) is 10.3. The molecule has 17 heavy (non-hydrogen) atoms. The van der Waals surface area contributed by atoms with Gasteiger partial charge in [-0.05, 0) is 43.4 Å². The van der Waals surface area contributed by atoms with Crippen LogP contribution in [0.25, 0.3) is 0 Å². The Balaban J connectivity index is 2.33. The topological polar surface area (TPSA) is 17.1 Å². The van der Waals surface area contributed by atoms with Crippen LogP contribution in [0.5, 0.6) is 0 Å². The number of rotatable bonds is 2. The molecule has 1 nitrogen and oxygen atoms in total. The largest absolute Gasteiger partial charge is 0.289 e. The molecule has 0 heterocycles. The van der Waals surface area contributed by atoms with Crippen molar-refractivity contribution in [2.75, 3.05) is 0 Å². The molecular formula is C14H14ClFO. The molecule has 0 bridgehead atoms. The summed E-state index contributed by atoms with van der Waals surface area (Å²) in [5.74, 6) is -0.789. The minimum Gasteiger partial charge on any atom is -0.289 e. The Morgan fingerprint density at radius 3 is 2.82 bits per heavy atom. The molecule has 2 rings (SSSR count). The van der Waals surface area contributed by atoms with Gasteiger partial charge in [0, 0.05) is 0 Å². The van der Waals surface area contributed by atoms with Crippen LogP contribution in [0.4, 0.5) is 4.39 Å². The third kappa shape index (κ3) is 2.75. The fourth-order valence-electron chi connectivity index (χ4n) is 2.10. The maximum atomic E-state index is 13.6. The SMILES string of the molecule is O=C(C1=CCCCCC1)c1c(F)cccc1Cl. The van der Waals surface area contributed by atoms with Crippen molar-refractivity contribution in [3.63, 3.8) is 0 Å². The lowest BCUT2D eigenvalue weighted by molar-refractivity contribution is 0.102. The number of halogens is 2. The average Bonchev–Trinajstić information content (AvgIpc) is 2.57. The van der Waals surface area contributed by atoms with Crippen LogP contribution in [-0.4, -0.2) is 5.78 Å². The van der Waals surface area contributed by atoms with Crippen LogP contribution in [0.1, 0.15) is 42.5 Å². The molecule has 0 aromatic heterocycles. The highest BCUT2D eigenvalue weighted by Crippen LogP contribution is 2.26. The summed E-state index contributed by atoms with van der Waals surface area (Å²) in [5, 5.41) is 0.195. The van der Waals surface area contributed by atoms with Crippen molar-refractivity contribution in [1.82, 2.24) is 0 Å². The predicted octanol–water partition coefficient (Wildman–Crippen LogP) is 4.55. The Morgan fingerprint density at radius 2 is 2.06 bits per heavy atom. The molecule has 0 fully saturated rings. The van der Waals surface area contributed by atoms with E-state index in [1.807, 2.05) is 6.08 Å². The maximum absolute atomic E-state index is 13.6. The van der Waals surface area contributed by atoms with Gasteiger partial charge in [-0.2, -0.15) is 0 Å². The highest BCUT2D eigenvalue weighted by Gasteiger charge is 2.19. The number of hydrogen-bond donors (Lipinski definition) is 0. The molecule has 1 aliphatic rings. The molecule has 0 saturated carbocycles. The number of hydrogen-bond acceptors (Lipinski definition) is 1. The van der Waals surface area contributed by atoms with E-state index in [-0.39, 0.29) is 16.4 Å². The first-order valence-electron chi connectivity index (χ1n) is 5.88. The molecule has 0 spiro atoms. The van der Waals surface area contributed by atoms with Crippen molar-refractivity contribution < 1.29 is 9.18 Å². The Hall–Kier alpha value is -1.15. The summed E-state index contributed by atoms with van der Waals surface area (Å²) in [6.45, 7) is 0. The molecule has 0 N–H and O–H groups in total. The summed E-state index contributed by atoms with van der Waals surface area (Å²) in [6.07, 6.45) is 6.76. The van der Waals surface area contributed by atoms with Gasteiger partial charge in [0.1, 0.15) is 5.82 Å². The summed E-state index contributed by atoms with van der Waals surface area (Å²) in [4.78, 5) is 12.2. The number of carbonyl (C=O) groups is 1. The minimum atomic E-state index is -0.535. The van der Waals surface area contributed by atoms with Crippen LogP contribution in [0.3, 0.4) is 0 Å². The molecule has 0 atom stereocenters. The lowest BCUT2D eigenvalue weighted by Crippen LogP contribution is -2.07. The quantitative estimate of drug-likeness (QED) is 0.706. The summed E-state index contributed by atoms with van der Waals surface area (Å²) in [7, 11) is 0. The van der Waals surface area contributed by atoms with Crippen LogP contribution in [0, 0.1) is 5.82 Å². The van der Waals surface area contributed by atoms with E-state index in [4.69, 9.17) is 11.6 Å². The van der Waals surface area contributed by atoms with Gasteiger partial charge < -0.3 is 0 Å². The molecule has 1 aromatic carbocycles. The fourth-order valence-corrected chi connectivity index (χ4v) is 2.35. The highest BCUT2D eigenvalue weighted by molar-refractivity contribution is 6.35. The Morgan fingerprint density at radius 1 is 1.24 bits per heavy atom. The van der Waals surface area contributed by atoms with Gasteiger partial charge in [0.25, 0.3) is 0 Å². The van der Waals surface area contributed by atoms with Gasteiger partial charge in [0.15, 0.2) is 5.78 Å². The molecule has 1 aliphatic carbocycles. The molecule has 3 heteroatoms. The predicted molar refractivity (Wildman–Crippen MR) is 66.9 cm³/mol. The molecule has 90 valence electrons. The Kier molecular flexibility index (Phi) is 3.95. The second-order valence-electron chi connectivity index (χ2n) is 4.25.